The van der Waals surface area contributed by atoms with Crippen LogP contribution in [0.2, 0.25) is 0 Å². The van der Waals surface area contributed by atoms with Gasteiger partial charge in [0.25, 0.3) is 11.8 Å². The number of imide groups is 1. The van der Waals surface area contributed by atoms with E-state index in [2.05, 4.69) is 4.98 Å². The highest BCUT2D eigenvalue weighted by Crippen LogP contribution is 2.35. The van der Waals surface area contributed by atoms with E-state index in [1.165, 1.54) is 17.8 Å². The molecule has 2 aromatic carbocycles. The van der Waals surface area contributed by atoms with Gasteiger partial charge >= 0.3 is 0 Å². The number of aromatic nitrogens is 1. The SMILES string of the molecule is Cc1cccc(N2C(=O)c3cc(C)nc(SCc4ccc(F)c(F)c4)c3C2=O)c1. The van der Waals surface area contributed by atoms with Crippen molar-refractivity contribution in [3.63, 3.8) is 0 Å². The van der Waals surface area contributed by atoms with Gasteiger partial charge in [-0.2, -0.15) is 0 Å². The number of hydrogen-bond acceptors (Lipinski definition) is 4. The lowest BCUT2D eigenvalue weighted by molar-refractivity contribution is 0.0925. The molecule has 2 amide bonds. The first kappa shape index (κ1) is 19.3. The zero-order chi connectivity index (χ0) is 20.7. The number of benzene rings is 2. The Morgan fingerprint density at radius 1 is 0.966 bits per heavy atom. The summed E-state index contributed by atoms with van der Waals surface area (Å²) in [5.41, 5.74) is 3.14. The number of carbonyl (C=O) groups is 2. The Morgan fingerprint density at radius 2 is 1.76 bits per heavy atom. The molecule has 0 aliphatic carbocycles. The zero-order valence-corrected chi connectivity index (χ0v) is 16.5. The van der Waals surface area contributed by atoms with Crippen molar-refractivity contribution in [3.8, 4) is 0 Å². The highest BCUT2D eigenvalue weighted by molar-refractivity contribution is 7.98. The topological polar surface area (TPSA) is 50.3 Å². The lowest BCUT2D eigenvalue weighted by Gasteiger charge is -2.14. The number of hydrogen-bond donors (Lipinski definition) is 0. The lowest BCUT2D eigenvalue weighted by Crippen LogP contribution is -2.29. The number of aryl methyl sites for hydroxylation is 2. The number of fused-ring (bicyclic) bond motifs is 1. The Bertz CT molecular complexity index is 1160. The number of anilines is 1. The maximum absolute atomic E-state index is 13.5. The molecule has 0 fully saturated rings. The van der Waals surface area contributed by atoms with Crippen LogP contribution in [0.15, 0.2) is 53.6 Å². The predicted molar refractivity (Wildman–Crippen MR) is 107 cm³/mol. The summed E-state index contributed by atoms with van der Waals surface area (Å²) in [5, 5.41) is 0.401. The summed E-state index contributed by atoms with van der Waals surface area (Å²) in [7, 11) is 0. The van der Waals surface area contributed by atoms with E-state index in [9.17, 15) is 18.4 Å². The summed E-state index contributed by atoms with van der Waals surface area (Å²) < 4.78 is 26.6. The predicted octanol–water partition coefficient (Wildman–Crippen LogP) is 5.07. The van der Waals surface area contributed by atoms with Crippen molar-refractivity contribution in [3.05, 3.63) is 88.1 Å². The van der Waals surface area contributed by atoms with E-state index >= 15 is 0 Å². The molecule has 4 rings (SSSR count). The van der Waals surface area contributed by atoms with Gasteiger partial charge in [-0.15, -0.1) is 11.8 Å². The number of pyridine rings is 1. The fourth-order valence-electron chi connectivity index (χ4n) is 3.23. The Morgan fingerprint density at radius 3 is 2.48 bits per heavy atom. The molecule has 1 aliphatic rings. The van der Waals surface area contributed by atoms with E-state index in [-0.39, 0.29) is 11.3 Å². The van der Waals surface area contributed by atoms with Crippen molar-refractivity contribution < 1.29 is 18.4 Å². The molecule has 0 radical (unpaired) electrons. The molecule has 1 aliphatic heterocycles. The van der Waals surface area contributed by atoms with Crippen LogP contribution in [0.5, 0.6) is 0 Å². The summed E-state index contributed by atoms with van der Waals surface area (Å²) in [4.78, 5) is 31.6. The average molecular weight is 410 g/mol. The average Bonchev–Trinajstić information content (AvgIpc) is 2.93. The maximum Gasteiger partial charge on any atom is 0.268 e. The number of nitrogens with zero attached hydrogens (tertiary/aromatic N) is 2. The van der Waals surface area contributed by atoms with Crippen molar-refractivity contribution >= 4 is 29.3 Å². The second kappa shape index (κ2) is 7.40. The van der Waals surface area contributed by atoms with Crippen LogP contribution in [0.3, 0.4) is 0 Å². The maximum atomic E-state index is 13.5. The molecule has 146 valence electrons. The van der Waals surface area contributed by atoms with Crippen molar-refractivity contribution in [2.75, 3.05) is 4.90 Å². The largest absolute Gasteiger partial charge is 0.268 e. The number of rotatable bonds is 4. The van der Waals surface area contributed by atoms with Crippen LogP contribution >= 0.6 is 11.8 Å². The Kier molecular flexibility index (Phi) is 4.92. The first-order valence-corrected chi connectivity index (χ1v) is 9.87. The summed E-state index contributed by atoms with van der Waals surface area (Å²) in [6.45, 7) is 3.63. The number of thioether (sulfide) groups is 1. The fraction of sp³-hybridized carbons (Fsp3) is 0.136. The molecule has 0 unspecified atom stereocenters. The van der Waals surface area contributed by atoms with Crippen LogP contribution in [-0.4, -0.2) is 16.8 Å². The molecular weight excluding hydrogens is 394 g/mol. The third kappa shape index (κ3) is 3.53. The second-order valence-corrected chi connectivity index (χ2v) is 7.78. The van der Waals surface area contributed by atoms with E-state index in [0.29, 0.717) is 27.5 Å². The summed E-state index contributed by atoms with van der Waals surface area (Å²) in [6, 6.07) is 12.4. The fourth-order valence-corrected chi connectivity index (χ4v) is 4.26. The van der Waals surface area contributed by atoms with E-state index in [1.54, 1.807) is 31.2 Å². The van der Waals surface area contributed by atoms with Gasteiger partial charge in [-0.3, -0.25) is 9.59 Å². The first-order valence-electron chi connectivity index (χ1n) is 8.89. The molecule has 0 saturated heterocycles. The second-order valence-electron chi connectivity index (χ2n) is 6.81. The van der Waals surface area contributed by atoms with Crippen molar-refractivity contribution in [2.45, 2.75) is 24.6 Å². The first-order chi connectivity index (χ1) is 13.8. The molecule has 0 saturated carbocycles. The van der Waals surface area contributed by atoms with Gasteiger partial charge in [0.05, 0.1) is 16.8 Å². The number of halogens is 2. The minimum atomic E-state index is -0.928. The quantitative estimate of drug-likeness (QED) is 0.445. The molecule has 3 aromatic rings. The van der Waals surface area contributed by atoms with Gasteiger partial charge in [0.2, 0.25) is 0 Å². The van der Waals surface area contributed by atoms with Gasteiger partial charge < -0.3 is 0 Å². The molecule has 0 atom stereocenters. The van der Waals surface area contributed by atoms with Crippen LogP contribution in [0.1, 0.15) is 37.5 Å². The van der Waals surface area contributed by atoms with Gasteiger partial charge in [-0.25, -0.2) is 18.7 Å². The highest BCUT2D eigenvalue weighted by Gasteiger charge is 2.39. The molecule has 0 spiro atoms. The highest BCUT2D eigenvalue weighted by atomic mass is 32.2. The van der Waals surface area contributed by atoms with Crippen LogP contribution in [0, 0.1) is 25.5 Å². The molecule has 1 aromatic heterocycles. The monoisotopic (exact) mass is 410 g/mol. The number of amides is 2. The summed E-state index contributed by atoms with van der Waals surface area (Å²) in [6.07, 6.45) is 0. The lowest BCUT2D eigenvalue weighted by atomic mass is 10.1. The van der Waals surface area contributed by atoms with Crippen molar-refractivity contribution in [1.29, 1.82) is 0 Å². The standard InChI is InChI=1S/C22H16F2N2O2S/c1-12-4-3-5-15(8-12)26-21(27)16-9-13(2)25-20(19(16)22(26)28)29-11-14-6-7-17(23)18(24)10-14/h3-10H,11H2,1-2H3. The van der Waals surface area contributed by atoms with E-state index in [0.717, 1.165) is 22.6 Å². The van der Waals surface area contributed by atoms with Gasteiger partial charge in [-0.05, 0) is 55.3 Å². The van der Waals surface area contributed by atoms with Crippen LogP contribution in [0.25, 0.3) is 0 Å². The van der Waals surface area contributed by atoms with E-state index < -0.39 is 23.4 Å². The Hall–Kier alpha value is -3.06. The molecule has 0 N–H and O–H groups in total. The van der Waals surface area contributed by atoms with E-state index in [1.807, 2.05) is 13.0 Å². The van der Waals surface area contributed by atoms with Gasteiger partial charge in [-0.1, -0.05) is 18.2 Å². The van der Waals surface area contributed by atoms with Crippen molar-refractivity contribution in [2.24, 2.45) is 0 Å². The summed E-state index contributed by atoms with van der Waals surface area (Å²) >= 11 is 1.21. The Labute approximate surface area is 170 Å². The van der Waals surface area contributed by atoms with Gasteiger partial charge in [0, 0.05) is 11.4 Å². The molecule has 0 bridgehead atoms. The Balaban J connectivity index is 1.69. The zero-order valence-electron chi connectivity index (χ0n) is 15.7. The minimum absolute atomic E-state index is 0.245. The summed E-state index contributed by atoms with van der Waals surface area (Å²) in [5.74, 6) is -2.39. The molecule has 29 heavy (non-hydrogen) atoms. The van der Waals surface area contributed by atoms with Crippen LogP contribution in [0.4, 0.5) is 14.5 Å². The number of carbonyl (C=O) groups excluding carboxylic acids is 2. The molecule has 2 heterocycles. The minimum Gasteiger partial charge on any atom is -0.268 e. The molecule has 4 nitrogen and oxygen atoms in total. The van der Waals surface area contributed by atoms with E-state index in [4.69, 9.17) is 0 Å². The van der Waals surface area contributed by atoms with Crippen LogP contribution in [-0.2, 0) is 5.75 Å². The van der Waals surface area contributed by atoms with Crippen molar-refractivity contribution in [1.82, 2.24) is 4.98 Å². The smallest absolute Gasteiger partial charge is 0.268 e. The third-order valence-corrected chi connectivity index (χ3v) is 5.63. The third-order valence-electron chi connectivity index (χ3n) is 4.58. The van der Waals surface area contributed by atoms with Crippen LogP contribution < -0.4 is 4.90 Å². The van der Waals surface area contributed by atoms with Gasteiger partial charge in [0.1, 0.15) is 5.03 Å². The normalized spacial score (nSPS) is 13.2. The molecule has 7 heteroatoms. The van der Waals surface area contributed by atoms with Gasteiger partial charge in [0.15, 0.2) is 11.6 Å². The molecular formula is C22H16F2N2O2S.